The maximum Gasteiger partial charge on any atom is -0.106 e. The van der Waals surface area contributed by atoms with Gasteiger partial charge in [0.15, 0.2) is 0 Å². The van der Waals surface area contributed by atoms with Crippen molar-refractivity contribution in [2.75, 3.05) is 0 Å². The predicted octanol–water partition coefficient (Wildman–Crippen LogP) is 1.56. The molecule has 0 radical (unpaired) electrons. The zero-order valence-electron chi connectivity index (χ0n) is 3.46. The van der Waals surface area contributed by atoms with Crippen LogP contribution in [0.15, 0.2) is 13.2 Å². The topological polar surface area (TPSA) is 0 Å². The summed E-state index contributed by atoms with van der Waals surface area (Å²) < 4.78 is 0. The first-order valence-corrected chi connectivity index (χ1v) is 0.500. The highest BCUT2D eigenvalue weighted by atomic mass is 19.0. The summed E-state index contributed by atoms with van der Waals surface area (Å²) in [6.07, 6.45) is 0. The zero-order chi connectivity index (χ0) is 2.00. The van der Waals surface area contributed by atoms with Crippen LogP contribution >= 0.6 is 0 Å². The van der Waals surface area contributed by atoms with Gasteiger partial charge in [-0.1, -0.05) is 0 Å². The van der Waals surface area contributed by atoms with Crippen molar-refractivity contribution in [3.05, 3.63) is 13.2 Å². The smallest absolute Gasteiger partial charge is 0.106 e. The van der Waals surface area contributed by atoms with Crippen molar-refractivity contribution in [1.82, 2.24) is 0 Å². The Kier molecular flexibility index (Phi) is 48700. The maximum atomic E-state index is 3.00. The highest BCUT2D eigenvalue weighted by Gasteiger charge is 0.601. The molecule has 5 heteroatoms. The number of hydrogen-bond acceptors (Lipinski definition) is 0. The molecule has 0 unspecified atom stereocenters. The minimum atomic E-state index is 0. The van der Waals surface area contributed by atoms with Crippen LogP contribution in [-0.2, 0) is 0 Å². The molecule has 0 amide bonds. The van der Waals surface area contributed by atoms with Crippen LogP contribution in [0, 0.1) is 0 Å². The summed E-state index contributed by atoms with van der Waals surface area (Å²) >= 11 is 0. The van der Waals surface area contributed by atoms with Gasteiger partial charge in [-0.3, -0.25) is 23.5 Å². The molecule has 0 aromatic rings. The second-order valence-electron chi connectivity index (χ2n) is 0. The van der Waals surface area contributed by atoms with Gasteiger partial charge in [0.2, 0.25) is 0 Å². The molecule has 52 valence electrons. The quantitative estimate of drug-likeness (QED) is 0.343. The van der Waals surface area contributed by atoms with E-state index in [1.54, 1.807) is 0 Å². The predicted molar refractivity (Wildman–Crippen MR) is 23.8 cm³/mol. The van der Waals surface area contributed by atoms with Crippen molar-refractivity contribution >= 4 is 0 Å². The zero-order valence-corrected chi connectivity index (χ0v) is 3.46. The van der Waals surface area contributed by atoms with Crippen molar-refractivity contribution in [1.29, 1.82) is 0 Å². The molecule has 0 aliphatic carbocycles. The number of halogens is 5. The van der Waals surface area contributed by atoms with Gasteiger partial charge in [0, 0.05) is 0 Å². The molecule has 0 nitrogen and oxygen atoms in total. The van der Waals surface area contributed by atoms with Gasteiger partial charge in [0.1, 0.15) is 0 Å². The van der Waals surface area contributed by atoms with Gasteiger partial charge in [-0.15, -0.1) is 13.2 Å². The van der Waals surface area contributed by atoms with E-state index < -0.39 is 0 Å². The van der Waals surface area contributed by atoms with Crippen LogP contribution in [-0.4, -0.2) is 0 Å². The molecule has 0 aromatic heterocycles. The lowest BCUT2D eigenvalue weighted by atomic mass is 11.3. The van der Waals surface area contributed by atoms with Crippen LogP contribution in [0.2, 0.25) is 0 Å². The molecule has 0 aliphatic heterocycles. The minimum Gasteiger partial charge on any atom is -0.269 e. The van der Waals surface area contributed by atoms with E-state index in [0.717, 1.165) is 0 Å². The molecule has 0 fully saturated rings. The molecule has 0 rings (SSSR count). The summed E-state index contributed by atoms with van der Waals surface area (Å²) in [6.45, 7) is 6.00. The second-order valence-corrected chi connectivity index (χ2v) is 0. The molecule has 0 aliphatic rings. The van der Waals surface area contributed by atoms with Crippen molar-refractivity contribution in [2.24, 2.45) is 0 Å². The molecule has 0 atom stereocenters. The molecular formula is C2H9F5. The first kappa shape index (κ1) is 1220. The molecule has 0 spiro atoms. The summed E-state index contributed by atoms with van der Waals surface area (Å²) in [6, 6.07) is 0. The van der Waals surface area contributed by atoms with Gasteiger partial charge in [0.25, 0.3) is 0 Å². The van der Waals surface area contributed by atoms with E-state index >= 15 is 0 Å². The van der Waals surface area contributed by atoms with Crippen LogP contribution in [0.3, 0.4) is 0 Å². The SMILES string of the molecule is C=C.F.F.F.F.F. The molecule has 0 aromatic carbocycles. The lowest BCUT2D eigenvalue weighted by molar-refractivity contribution is 1.11. The highest BCUT2D eigenvalue weighted by molar-refractivity contribution is 4.22. The normalized spacial score (nSPS) is 0.571. The second kappa shape index (κ2) is 279. The number of hydrogen-bond donors (Lipinski definition) is 0. The first-order chi connectivity index (χ1) is 1.00. The molecule has 0 bridgehead atoms. The first-order valence-electron chi connectivity index (χ1n) is 0.500. The minimum absolute atomic E-state index is 0. The Bertz CT molecular complexity index is 6.04. The Hall–Kier alpha value is -0.610. The van der Waals surface area contributed by atoms with Gasteiger partial charge < -0.3 is 0 Å². The molecule has 0 saturated heterocycles. The van der Waals surface area contributed by atoms with Crippen LogP contribution in [0.1, 0.15) is 0 Å². The van der Waals surface area contributed by atoms with E-state index in [2.05, 4.69) is 13.2 Å². The number of rotatable bonds is 0. The Morgan fingerprint density at radius 1 is 0.429 bits per heavy atom. The Morgan fingerprint density at radius 2 is 0.429 bits per heavy atom. The monoisotopic (exact) mass is 128 g/mol. The van der Waals surface area contributed by atoms with Crippen LogP contribution < -0.4 is 0 Å². The summed E-state index contributed by atoms with van der Waals surface area (Å²) in [5, 5.41) is 0. The van der Waals surface area contributed by atoms with Gasteiger partial charge >= 0.3 is 0 Å². The van der Waals surface area contributed by atoms with Gasteiger partial charge in [-0.25, -0.2) is 0 Å². The Morgan fingerprint density at radius 3 is 0.429 bits per heavy atom. The third-order valence-corrected chi connectivity index (χ3v) is 0. The molecular weight excluding hydrogens is 119 g/mol. The van der Waals surface area contributed by atoms with Crippen LogP contribution in [0.4, 0.5) is 23.5 Å². The van der Waals surface area contributed by atoms with Crippen LogP contribution in [0.25, 0.3) is 0 Å². The average molecular weight is 128 g/mol. The van der Waals surface area contributed by atoms with Crippen molar-refractivity contribution in [3.63, 3.8) is 0 Å². The standard InChI is InChI=1S/C2H4.5FH/c1-2;;;;;/h1-2H2;5*1H. The molecule has 0 heterocycles. The van der Waals surface area contributed by atoms with Crippen molar-refractivity contribution in [2.45, 2.75) is 0 Å². The van der Waals surface area contributed by atoms with E-state index in [4.69, 9.17) is 0 Å². The average Bonchev–Trinajstić information content (AvgIpc) is 1.00. The van der Waals surface area contributed by atoms with E-state index in [9.17, 15) is 0 Å². The van der Waals surface area contributed by atoms with E-state index in [-0.39, 0.29) is 23.5 Å². The van der Waals surface area contributed by atoms with Crippen LogP contribution in [0.5, 0.6) is 0 Å². The summed E-state index contributed by atoms with van der Waals surface area (Å²) in [5.41, 5.74) is 0. The van der Waals surface area contributed by atoms with Crippen molar-refractivity contribution in [3.8, 4) is 0 Å². The lowest BCUT2D eigenvalue weighted by Crippen LogP contribution is -0.552. The van der Waals surface area contributed by atoms with E-state index in [1.807, 2.05) is 0 Å². The fraction of sp³-hybridized carbons (Fsp3) is 0. The van der Waals surface area contributed by atoms with Gasteiger partial charge in [-0.05, 0) is 0 Å². The fourth-order valence-electron chi connectivity index (χ4n) is 0. The Balaban J connectivity index is -0.000000000500. The third-order valence-electron chi connectivity index (χ3n) is 0. The lowest BCUT2D eigenvalue weighted by Gasteiger charge is -0.813. The summed E-state index contributed by atoms with van der Waals surface area (Å²) in [5.74, 6) is 0. The van der Waals surface area contributed by atoms with E-state index in [0.29, 0.717) is 0 Å². The third kappa shape index (κ3) is 166. The van der Waals surface area contributed by atoms with Gasteiger partial charge in [-0.2, -0.15) is 0 Å². The molecule has 0 saturated carbocycles. The summed E-state index contributed by atoms with van der Waals surface area (Å²) in [7, 11) is 0. The van der Waals surface area contributed by atoms with Crippen molar-refractivity contribution < 1.29 is 23.5 Å². The molecule has 7 heavy (non-hydrogen) atoms. The van der Waals surface area contributed by atoms with Gasteiger partial charge in [0.05, 0.1) is 0 Å². The molecule has 0 N–H and O–H groups in total. The van der Waals surface area contributed by atoms with E-state index in [1.165, 1.54) is 0 Å². The summed E-state index contributed by atoms with van der Waals surface area (Å²) in [4.78, 5) is 0. The fourth-order valence-corrected chi connectivity index (χ4v) is 0. The largest absolute Gasteiger partial charge is 0.269 e. The maximum absolute atomic E-state index is 3.00. The Labute approximate surface area is 38.1 Å². The highest BCUT2D eigenvalue weighted by Crippen LogP contribution is 0.862.